The average Bonchev–Trinajstić information content (AvgIpc) is 3.75. The summed E-state index contributed by atoms with van der Waals surface area (Å²) < 4.78 is 39.4. The van der Waals surface area contributed by atoms with Gasteiger partial charge in [-0.1, -0.05) is 84.9 Å². The molecule has 6 aromatic rings. The van der Waals surface area contributed by atoms with Crippen LogP contribution in [0.4, 0.5) is 9.59 Å². The van der Waals surface area contributed by atoms with Gasteiger partial charge in [0.2, 0.25) is 5.91 Å². The molecule has 58 heavy (non-hydrogen) atoms. The fourth-order valence-corrected chi connectivity index (χ4v) is 6.58. The number of benzene rings is 4. The Morgan fingerprint density at radius 2 is 1.48 bits per heavy atom. The van der Waals surface area contributed by atoms with Gasteiger partial charge < -0.3 is 41.9 Å². The summed E-state index contributed by atoms with van der Waals surface area (Å²) in [5.41, 5.74) is 0.329. The van der Waals surface area contributed by atoms with E-state index >= 15 is 0 Å². The molecular weight excluding hydrogens is 791 g/mol. The van der Waals surface area contributed by atoms with Gasteiger partial charge in [0.1, 0.15) is 16.9 Å². The van der Waals surface area contributed by atoms with Crippen LogP contribution in [0.2, 0.25) is 0 Å². The van der Waals surface area contributed by atoms with Gasteiger partial charge in [0.05, 0.1) is 17.1 Å². The number of phosphoric ester groups is 1. The Morgan fingerprint density at radius 3 is 2.16 bits per heavy atom. The third-order valence-corrected chi connectivity index (χ3v) is 9.30. The van der Waals surface area contributed by atoms with Crippen LogP contribution in [0.15, 0.2) is 126 Å². The molecule has 0 aliphatic carbocycles. The van der Waals surface area contributed by atoms with Crippen molar-refractivity contribution in [1.29, 1.82) is 0 Å². The fourth-order valence-electron chi connectivity index (χ4n) is 6.07. The molecule has 0 saturated heterocycles. The van der Waals surface area contributed by atoms with Gasteiger partial charge in [-0.2, -0.15) is 0 Å². The summed E-state index contributed by atoms with van der Waals surface area (Å²) in [5, 5.41) is 6.93. The van der Waals surface area contributed by atoms with Crippen molar-refractivity contribution in [2.75, 3.05) is 0 Å². The van der Waals surface area contributed by atoms with Crippen molar-refractivity contribution in [2.24, 2.45) is 0 Å². The summed E-state index contributed by atoms with van der Waals surface area (Å²) in [5.74, 6) is -4.20. The van der Waals surface area contributed by atoms with Crippen LogP contribution in [0.1, 0.15) is 56.9 Å². The van der Waals surface area contributed by atoms with Gasteiger partial charge in [0.25, 0.3) is 0 Å². The average molecular weight is 832 g/mol. The molecule has 6 rings (SSSR count). The first-order valence-corrected chi connectivity index (χ1v) is 18.8. The molecule has 15 nitrogen and oxygen atoms in total. The standard InChI is InChI=1S/C40H38N3O12P.2Na.2H/c1-26(27-14-6-4-7-15-27)41-36(45)39(2,42-37(46)51-25-31-22-29-18-10-13-21-34(29)52-31)23-30-24-43(33-20-12-11-19-32(30)33)38(47)54-40(3,55-56(48,49)50)53-35(44)28-16-8-5-9-17-28;;;;/h4-22,24,26H,23,25H2,1-3H3,(H,41,45)(H,42,46)(H2,48,49,50);;;;/q;2*+1;2*-1. The summed E-state index contributed by atoms with van der Waals surface area (Å²) >= 11 is 0. The maximum absolute atomic E-state index is 14.2. The molecule has 3 atom stereocenters. The first-order valence-electron chi connectivity index (χ1n) is 17.3. The summed E-state index contributed by atoms with van der Waals surface area (Å²) in [6.07, 6.45) is -1.05. The van der Waals surface area contributed by atoms with Crippen molar-refractivity contribution in [2.45, 2.75) is 51.4 Å². The molecule has 4 aromatic carbocycles. The first-order chi connectivity index (χ1) is 26.6. The molecule has 0 bridgehead atoms. The van der Waals surface area contributed by atoms with Gasteiger partial charge in [-0.3, -0.25) is 9.36 Å². The number of phosphoric acid groups is 1. The summed E-state index contributed by atoms with van der Waals surface area (Å²) in [4.78, 5) is 73.5. The number of nitrogens with zero attached hydrogens (tertiary/aromatic N) is 1. The van der Waals surface area contributed by atoms with Crippen LogP contribution >= 0.6 is 7.82 Å². The molecule has 2 heterocycles. The zero-order valence-electron chi connectivity index (χ0n) is 34.4. The van der Waals surface area contributed by atoms with Crippen LogP contribution < -0.4 is 69.7 Å². The van der Waals surface area contributed by atoms with Crippen LogP contribution in [-0.4, -0.2) is 49.9 Å². The minimum atomic E-state index is -5.41. The Kier molecular flexibility index (Phi) is 15.7. The molecule has 0 radical (unpaired) electrons. The van der Waals surface area contributed by atoms with Crippen LogP contribution in [0, 0.1) is 0 Å². The Labute approximate surface area is 380 Å². The molecule has 0 aliphatic heterocycles. The number of amides is 2. The van der Waals surface area contributed by atoms with E-state index in [-0.39, 0.29) is 86.1 Å². The quantitative estimate of drug-likeness (QED) is 0.0564. The zero-order valence-corrected chi connectivity index (χ0v) is 37.3. The molecule has 294 valence electrons. The van der Waals surface area contributed by atoms with E-state index in [1.54, 1.807) is 49.4 Å². The summed E-state index contributed by atoms with van der Waals surface area (Å²) in [6, 6.07) is 31.7. The topological polar surface area (TPSA) is 205 Å². The molecule has 0 aliphatic rings. The minimum absolute atomic E-state index is 0. The number of aromatic nitrogens is 1. The molecule has 2 amide bonds. The number of rotatable bonds is 13. The zero-order chi connectivity index (χ0) is 40.1. The van der Waals surface area contributed by atoms with Gasteiger partial charge in [0, 0.05) is 30.3 Å². The van der Waals surface area contributed by atoms with Crippen molar-refractivity contribution in [3.8, 4) is 0 Å². The molecule has 0 spiro atoms. The first kappa shape index (κ1) is 46.4. The van der Waals surface area contributed by atoms with E-state index in [4.69, 9.17) is 18.6 Å². The van der Waals surface area contributed by atoms with E-state index in [1.807, 2.05) is 48.5 Å². The van der Waals surface area contributed by atoms with E-state index < -0.39 is 49.4 Å². The largest absolute Gasteiger partial charge is 1.00 e. The Hall–Kier alpha value is -4.25. The molecule has 4 N–H and O–H groups in total. The summed E-state index contributed by atoms with van der Waals surface area (Å²) in [6.45, 7) is 3.92. The number of para-hydroxylation sites is 2. The second kappa shape index (κ2) is 19.7. The Bertz CT molecular complexity index is 2420. The summed E-state index contributed by atoms with van der Waals surface area (Å²) in [7, 11) is -5.41. The van der Waals surface area contributed by atoms with Crippen molar-refractivity contribution in [3.63, 3.8) is 0 Å². The minimum Gasteiger partial charge on any atom is -1.00 e. The third-order valence-electron chi connectivity index (χ3n) is 8.73. The number of fused-ring (bicyclic) bond motifs is 2. The molecule has 2 aromatic heterocycles. The third kappa shape index (κ3) is 11.7. The molecular formula is C40H40N3Na2O12P. The number of hydrogen-bond donors (Lipinski definition) is 4. The van der Waals surface area contributed by atoms with Crippen molar-refractivity contribution in [1.82, 2.24) is 15.2 Å². The van der Waals surface area contributed by atoms with Crippen molar-refractivity contribution in [3.05, 3.63) is 144 Å². The van der Waals surface area contributed by atoms with Gasteiger partial charge >= 0.3 is 91.1 Å². The molecule has 0 saturated carbocycles. The van der Waals surface area contributed by atoms with E-state index in [0.29, 0.717) is 22.3 Å². The van der Waals surface area contributed by atoms with E-state index in [9.17, 15) is 33.5 Å². The van der Waals surface area contributed by atoms with E-state index in [0.717, 1.165) is 22.4 Å². The SMILES string of the molecule is CC(NC(=O)C(C)(Cc1cn(C(=O)OC(C)(OC(=O)c2ccccc2)OP(=O)(O)O)c2ccccc12)NC(=O)OCc1cc2ccccc2o1)c1ccccc1.[H-].[H-].[Na+].[Na+]. The number of furan rings is 1. The van der Waals surface area contributed by atoms with Gasteiger partial charge in [-0.25, -0.2) is 23.5 Å². The predicted molar refractivity (Wildman–Crippen MR) is 204 cm³/mol. The second-order valence-electron chi connectivity index (χ2n) is 13.2. The molecule has 18 heteroatoms. The monoisotopic (exact) mass is 831 g/mol. The number of hydrogen-bond acceptors (Lipinski definition) is 10. The predicted octanol–water partition coefficient (Wildman–Crippen LogP) is 1.35. The number of esters is 1. The normalized spacial score (nSPS) is 13.7. The van der Waals surface area contributed by atoms with Crippen LogP contribution in [0.5, 0.6) is 0 Å². The van der Waals surface area contributed by atoms with E-state index in [1.165, 1.54) is 37.4 Å². The fraction of sp³-hybridized carbons (Fsp3) is 0.200. The molecule has 0 fully saturated rings. The van der Waals surface area contributed by atoms with Crippen molar-refractivity contribution >= 4 is 53.8 Å². The number of carbonyl (C=O) groups excluding carboxylic acids is 4. The Morgan fingerprint density at radius 1 is 0.862 bits per heavy atom. The smallest absolute Gasteiger partial charge is 1.00 e. The van der Waals surface area contributed by atoms with E-state index in [2.05, 4.69) is 15.2 Å². The van der Waals surface area contributed by atoms with Crippen LogP contribution in [0.25, 0.3) is 21.9 Å². The van der Waals surface area contributed by atoms with Gasteiger partial charge in [-0.05, 0) is 55.3 Å². The number of carbonyl (C=O) groups is 4. The number of ether oxygens (including phenoxy) is 3. The maximum atomic E-state index is 14.2. The van der Waals surface area contributed by atoms with Crippen LogP contribution in [-0.2, 0) is 41.1 Å². The second-order valence-corrected chi connectivity index (χ2v) is 14.3. The van der Waals surface area contributed by atoms with Gasteiger partial charge in [-0.15, -0.1) is 0 Å². The van der Waals surface area contributed by atoms with Crippen LogP contribution in [0.3, 0.4) is 0 Å². The Balaban J connectivity index is 0.00000310. The van der Waals surface area contributed by atoms with Crippen molar-refractivity contribution < 1.29 is 119 Å². The number of alkyl carbamates (subject to hydrolysis) is 1. The van der Waals surface area contributed by atoms with Gasteiger partial charge in [0.15, 0.2) is 6.61 Å². The number of nitrogens with one attached hydrogen (secondary N) is 2. The molecule has 3 unspecified atom stereocenters. The maximum Gasteiger partial charge on any atom is 1.00 e.